The summed E-state index contributed by atoms with van der Waals surface area (Å²) in [5, 5.41) is 3.05. The summed E-state index contributed by atoms with van der Waals surface area (Å²) in [6, 6.07) is 10.3. The third-order valence-corrected chi connectivity index (χ3v) is 3.27. The molecule has 0 heterocycles. The summed E-state index contributed by atoms with van der Waals surface area (Å²) in [6.45, 7) is 7.17. The Bertz CT molecular complexity index is 345. The fourth-order valence-electron chi connectivity index (χ4n) is 2.02. The van der Waals surface area contributed by atoms with Crippen LogP contribution in [0.4, 0.5) is 0 Å². The van der Waals surface area contributed by atoms with Gasteiger partial charge in [-0.3, -0.25) is 4.79 Å². The Kier molecular flexibility index (Phi) is 6.48. The molecule has 0 bridgehead atoms. The first kappa shape index (κ1) is 14.7. The topological polar surface area (TPSA) is 29.1 Å². The van der Waals surface area contributed by atoms with E-state index >= 15 is 0 Å². The largest absolute Gasteiger partial charge is 0.356 e. The van der Waals surface area contributed by atoms with Crippen LogP contribution in [0.3, 0.4) is 0 Å². The SMILES string of the molecule is CCCCNC(=O)C(Cc1ccccc1)C(C)C. The third kappa shape index (κ3) is 4.91. The van der Waals surface area contributed by atoms with Crippen molar-refractivity contribution in [3.05, 3.63) is 35.9 Å². The summed E-state index contributed by atoms with van der Waals surface area (Å²) in [7, 11) is 0. The van der Waals surface area contributed by atoms with Gasteiger partial charge in [0.15, 0.2) is 0 Å². The van der Waals surface area contributed by atoms with Crippen molar-refractivity contribution in [2.24, 2.45) is 11.8 Å². The predicted octanol–water partition coefficient (Wildman–Crippen LogP) is 3.42. The molecule has 18 heavy (non-hydrogen) atoms. The lowest BCUT2D eigenvalue weighted by atomic mass is 9.88. The maximum absolute atomic E-state index is 12.2. The van der Waals surface area contributed by atoms with Crippen LogP contribution in [0.25, 0.3) is 0 Å². The van der Waals surface area contributed by atoms with E-state index in [2.05, 4.69) is 38.2 Å². The monoisotopic (exact) mass is 247 g/mol. The smallest absolute Gasteiger partial charge is 0.223 e. The minimum atomic E-state index is 0.0734. The summed E-state index contributed by atoms with van der Waals surface area (Å²) in [5.74, 6) is 0.637. The summed E-state index contributed by atoms with van der Waals surface area (Å²) in [6.07, 6.45) is 3.00. The van der Waals surface area contributed by atoms with Gasteiger partial charge in [0, 0.05) is 12.5 Å². The van der Waals surface area contributed by atoms with E-state index in [0.29, 0.717) is 5.92 Å². The Morgan fingerprint density at radius 1 is 1.22 bits per heavy atom. The first-order chi connectivity index (χ1) is 8.65. The molecule has 0 saturated carbocycles. The van der Waals surface area contributed by atoms with Crippen LogP contribution in [0.15, 0.2) is 30.3 Å². The van der Waals surface area contributed by atoms with Gasteiger partial charge in [-0.1, -0.05) is 57.5 Å². The number of benzene rings is 1. The maximum atomic E-state index is 12.2. The number of unbranched alkanes of at least 4 members (excludes halogenated alkanes) is 1. The summed E-state index contributed by atoms with van der Waals surface area (Å²) in [4.78, 5) is 12.2. The van der Waals surface area contributed by atoms with Crippen molar-refractivity contribution in [1.29, 1.82) is 0 Å². The molecule has 0 aliphatic rings. The first-order valence-corrected chi connectivity index (χ1v) is 6.96. The Morgan fingerprint density at radius 2 is 1.89 bits per heavy atom. The van der Waals surface area contributed by atoms with E-state index in [9.17, 15) is 4.79 Å². The Balaban J connectivity index is 2.57. The third-order valence-electron chi connectivity index (χ3n) is 3.27. The molecule has 0 radical (unpaired) electrons. The van der Waals surface area contributed by atoms with Gasteiger partial charge in [-0.25, -0.2) is 0 Å². The minimum absolute atomic E-state index is 0.0734. The van der Waals surface area contributed by atoms with Crippen LogP contribution in [-0.4, -0.2) is 12.5 Å². The zero-order valence-corrected chi connectivity index (χ0v) is 11.8. The number of nitrogens with one attached hydrogen (secondary N) is 1. The molecule has 100 valence electrons. The van der Waals surface area contributed by atoms with E-state index < -0.39 is 0 Å². The van der Waals surface area contributed by atoms with Crippen molar-refractivity contribution in [2.45, 2.75) is 40.0 Å². The molecular weight excluding hydrogens is 222 g/mol. The lowest BCUT2D eigenvalue weighted by Gasteiger charge is -2.20. The molecule has 1 atom stereocenters. The molecule has 1 unspecified atom stereocenters. The van der Waals surface area contributed by atoms with Crippen LogP contribution < -0.4 is 5.32 Å². The number of carbonyl (C=O) groups excluding carboxylic acids is 1. The zero-order valence-electron chi connectivity index (χ0n) is 11.8. The first-order valence-electron chi connectivity index (χ1n) is 6.96. The molecule has 1 aromatic rings. The van der Waals surface area contributed by atoms with Crippen molar-refractivity contribution in [2.75, 3.05) is 6.54 Å². The summed E-state index contributed by atoms with van der Waals surface area (Å²) < 4.78 is 0. The number of hydrogen-bond donors (Lipinski definition) is 1. The molecule has 0 aromatic heterocycles. The lowest BCUT2D eigenvalue weighted by molar-refractivity contribution is -0.126. The van der Waals surface area contributed by atoms with Crippen LogP contribution in [0.5, 0.6) is 0 Å². The van der Waals surface area contributed by atoms with Crippen molar-refractivity contribution in [3.63, 3.8) is 0 Å². The molecule has 0 saturated heterocycles. The maximum Gasteiger partial charge on any atom is 0.223 e. The summed E-state index contributed by atoms with van der Waals surface area (Å²) >= 11 is 0. The van der Waals surface area contributed by atoms with Crippen LogP contribution in [0, 0.1) is 11.8 Å². The van der Waals surface area contributed by atoms with Crippen LogP contribution >= 0.6 is 0 Å². The normalized spacial score (nSPS) is 12.4. The van der Waals surface area contributed by atoms with Crippen molar-refractivity contribution in [1.82, 2.24) is 5.32 Å². The minimum Gasteiger partial charge on any atom is -0.356 e. The van der Waals surface area contributed by atoms with Gasteiger partial charge in [-0.15, -0.1) is 0 Å². The van der Waals surface area contributed by atoms with Crippen molar-refractivity contribution in [3.8, 4) is 0 Å². The van der Waals surface area contributed by atoms with E-state index in [1.807, 2.05) is 18.2 Å². The highest BCUT2D eigenvalue weighted by Crippen LogP contribution is 2.17. The molecule has 2 heteroatoms. The molecule has 0 aliphatic heterocycles. The average molecular weight is 247 g/mol. The molecule has 0 fully saturated rings. The van der Waals surface area contributed by atoms with Gasteiger partial charge < -0.3 is 5.32 Å². The number of carbonyl (C=O) groups is 1. The van der Waals surface area contributed by atoms with E-state index in [1.54, 1.807) is 0 Å². The van der Waals surface area contributed by atoms with Gasteiger partial charge in [0.1, 0.15) is 0 Å². The number of amides is 1. The predicted molar refractivity (Wildman–Crippen MR) is 76.4 cm³/mol. The second-order valence-electron chi connectivity index (χ2n) is 5.18. The Hall–Kier alpha value is -1.31. The second kappa shape index (κ2) is 7.91. The molecule has 1 rings (SSSR count). The zero-order chi connectivity index (χ0) is 13.4. The van der Waals surface area contributed by atoms with Gasteiger partial charge in [0.05, 0.1) is 0 Å². The highest BCUT2D eigenvalue weighted by atomic mass is 16.1. The fraction of sp³-hybridized carbons (Fsp3) is 0.562. The van der Waals surface area contributed by atoms with E-state index in [-0.39, 0.29) is 11.8 Å². The van der Waals surface area contributed by atoms with Gasteiger partial charge in [-0.05, 0) is 24.3 Å². The molecule has 1 N–H and O–H groups in total. The quantitative estimate of drug-likeness (QED) is 0.735. The van der Waals surface area contributed by atoms with Gasteiger partial charge >= 0.3 is 0 Å². The Morgan fingerprint density at radius 3 is 2.44 bits per heavy atom. The fourth-order valence-corrected chi connectivity index (χ4v) is 2.02. The van der Waals surface area contributed by atoms with E-state index in [4.69, 9.17) is 0 Å². The molecule has 0 spiro atoms. The van der Waals surface area contributed by atoms with E-state index in [1.165, 1.54) is 5.56 Å². The van der Waals surface area contributed by atoms with Gasteiger partial charge in [-0.2, -0.15) is 0 Å². The van der Waals surface area contributed by atoms with Gasteiger partial charge in [0.2, 0.25) is 5.91 Å². The molecule has 2 nitrogen and oxygen atoms in total. The van der Waals surface area contributed by atoms with Crippen LogP contribution in [0.1, 0.15) is 39.2 Å². The van der Waals surface area contributed by atoms with Crippen molar-refractivity contribution < 1.29 is 4.79 Å². The summed E-state index contributed by atoms with van der Waals surface area (Å²) in [5.41, 5.74) is 1.24. The van der Waals surface area contributed by atoms with Crippen LogP contribution in [-0.2, 0) is 11.2 Å². The number of hydrogen-bond acceptors (Lipinski definition) is 1. The highest BCUT2D eigenvalue weighted by molar-refractivity contribution is 5.79. The van der Waals surface area contributed by atoms with Gasteiger partial charge in [0.25, 0.3) is 0 Å². The molecule has 1 amide bonds. The van der Waals surface area contributed by atoms with Crippen LogP contribution in [0.2, 0.25) is 0 Å². The Labute approximate surface area is 111 Å². The standard InChI is InChI=1S/C16H25NO/c1-4-5-11-17-16(18)15(13(2)3)12-14-9-7-6-8-10-14/h6-10,13,15H,4-5,11-12H2,1-3H3,(H,17,18). The molecule has 1 aromatic carbocycles. The van der Waals surface area contributed by atoms with E-state index in [0.717, 1.165) is 25.8 Å². The van der Waals surface area contributed by atoms with Crippen molar-refractivity contribution >= 4 is 5.91 Å². The average Bonchev–Trinajstić information content (AvgIpc) is 2.37. The lowest BCUT2D eigenvalue weighted by Crippen LogP contribution is -2.35. The molecular formula is C16H25NO. The number of rotatable bonds is 7. The highest BCUT2D eigenvalue weighted by Gasteiger charge is 2.21. The second-order valence-corrected chi connectivity index (χ2v) is 5.18. The molecule has 0 aliphatic carbocycles.